The van der Waals surface area contributed by atoms with Crippen molar-refractivity contribution < 1.29 is 14.7 Å². The van der Waals surface area contributed by atoms with Crippen molar-refractivity contribution in [3.8, 4) is 0 Å². The molecule has 0 fully saturated rings. The van der Waals surface area contributed by atoms with Crippen molar-refractivity contribution in [3.05, 3.63) is 36.3 Å². The third-order valence-corrected chi connectivity index (χ3v) is 3.42. The Balaban J connectivity index is 2.19. The molecule has 106 valence electrons. The summed E-state index contributed by atoms with van der Waals surface area (Å²) >= 11 is 0. The zero-order valence-electron chi connectivity index (χ0n) is 11.4. The molecule has 0 unspecified atom stereocenters. The molecule has 6 nitrogen and oxygen atoms in total. The molecule has 0 radical (unpaired) electrons. The van der Waals surface area contributed by atoms with Crippen molar-refractivity contribution in [1.82, 2.24) is 14.7 Å². The van der Waals surface area contributed by atoms with Crippen LogP contribution in [0.25, 0.3) is 5.65 Å². The van der Waals surface area contributed by atoms with Crippen LogP contribution in [0.2, 0.25) is 0 Å². The van der Waals surface area contributed by atoms with Crippen LogP contribution in [0.3, 0.4) is 0 Å². The van der Waals surface area contributed by atoms with Gasteiger partial charge in [0, 0.05) is 18.6 Å². The van der Waals surface area contributed by atoms with Crippen molar-refractivity contribution in [2.24, 2.45) is 5.92 Å². The average molecular weight is 275 g/mol. The fourth-order valence-corrected chi connectivity index (χ4v) is 1.96. The zero-order valence-corrected chi connectivity index (χ0v) is 11.4. The highest BCUT2D eigenvalue weighted by atomic mass is 16.4. The number of nitrogens with zero attached hydrogens (tertiary/aromatic N) is 2. The minimum absolute atomic E-state index is 0.131. The smallest absolute Gasteiger partial charge is 0.326 e. The first-order valence-corrected chi connectivity index (χ1v) is 6.49. The molecule has 0 aliphatic heterocycles. The number of pyridine rings is 1. The Kier molecular flexibility index (Phi) is 4.02. The molecule has 0 bridgehead atoms. The van der Waals surface area contributed by atoms with Gasteiger partial charge in [0.15, 0.2) is 0 Å². The zero-order chi connectivity index (χ0) is 14.7. The second kappa shape index (κ2) is 5.73. The summed E-state index contributed by atoms with van der Waals surface area (Å²) in [6.45, 7) is 3.70. The molecule has 1 amide bonds. The van der Waals surface area contributed by atoms with Crippen LogP contribution in [-0.4, -0.2) is 32.4 Å². The normalized spacial score (nSPS) is 13.9. The maximum Gasteiger partial charge on any atom is 0.326 e. The van der Waals surface area contributed by atoms with Crippen LogP contribution < -0.4 is 5.32 Å². The van der Waals surface area contributed by atoms with Crippen LogP contribution in [0.1, 0.15) is 30.6 Å². The Bertz CT molecular complexity index is 635. The second-order valence-electron chi connectivity index (χ2n) is 4.79. The quantitative estimate of drug-likeness (QED) is 0.867. The van der Waals surface area contributed by atoms with Crippen LogP contribution in [0, 0.1) is 5.92 Å². The van der Waals surface area contributed by atoms with E-state index in [1.807, 2.05) is 6.92 Å². The molecule has 2 atom stereocenters. The monoisotopic (exact) mass is 275 g/mol. The van der Waals surface area contributed by atoms with Crippen molar-refractivity contribution in [3.63, 3.8) is 0 Å². The van der Waals surface area contributed by atoms with Gasteiger partial charge < -0.3 is 14.8 Å². The SMILES string of the molecule is CC[C@H](C)[C@H](NC(=O)c1ccc2nccn2c1)C(=O)O. The molecule has 2 N–H and O–H groups in total. The lowest BCUT2D eigenvalue weighted by atomic mass is 9.99. The molecule has 0 spiro atoms. The number of carboxylic acid groups (broad SMARTS) is 1. The highest BCUT2D eigenvalue weighted by molar-refractivity contribution is 5.96. The summed E-state index contributed by atoms with van der Waals surface area (Å²) in [4.78, 5) is 27.4. The van der Waals surface area contributed by atoms with Gasteiger partial charge in [0.1, 0.15) is 11.7 Å². The van der Waals surface area contributed by atoms with Crippen LogP contribution in [0.15, 0.2) is 30.7 Å². The first kappa shape index (κ1) is 14.0. The van der Waals surface area contributed by atoms with Gasteiger partial charge in [0.05, 0.1) is 5.56 Å². The Hall–Kier alpha value is -2.37. The summed E-state index contributed by atoms with van der Waals surface area (Å²) in [5.41, 5.74) is 1.14. The number of carboxylic acids is 1. The molecule has 2 heterocycles. The van der Waals surface area contributed by atoms with Crippen molar-refractivity contribution >= 4 is 17.5 Å². The Morgan fingerprint density at radius 2 is 2.20 bits per heavy atom. The van der Waals surface area contributed by atoms with Gasteiger partial charge >= 0.3 is 5.97 Å². The van der Waals surface area contributed by atoms with E-state index in [1.165, 1.54) is 0 Å². The van der Waals surface area contributed by atoms with Gasteiger partial charge in [-0.2, -0.15) is 0 Å². The molecule has 20 heavy (non-hydrogen) atoms. The number of aliphatic carboxylic acids is 1. The average Bonchev–Trinajstić information content (AvgIpc) is 2.90. The minimum atomic E-state index is -1.02. The molecule has 2 rings (SSSR count). The van der Waals surface area contributed by atoms with Crippen molar-refractivity contribution in [2.75, 3.05) is 0 Å². The summed E-state index contributed by atoms with van der Waals surface area (Å²) < 4.78 is 1.72. The number of carbonyl (C=O) groups excluding carboxylic acids is 1. The summed E-state index contributed by atoms with van der Waals surface area (Å²) in [6, 6.07) is 2.46. The summed E-state index contributed by atoms with van der Waals surface area (Å²) in [6.07, 6.45) is 5.68. The van der Waals surface area contributed by atoms with E-state index in [0.29, 0.717) is 12.0 Å². The molecule has 0 aromatic carbocycles. The Labute approximate surface area is 116 Å². The van der Waals surface area contributed by atoms with Gasteiger partial charge in [0.2, 0.25) is 0 Å². The lowest BCUT2D eigenvalue weighted by Gasteiger charge is -2.20. The standard InChI is InChI=1S/C14H17N3O3/c1-3-9(2)12(14(19)20)16-13(18)10-4-5-11-15-6-7-17(11)8-10/h4-9,12H,3H2,1-2H3,(H,16,18)(H,19,20)/t9-,12-/m0/s1. The highest BCUT2D eigenvalue weighted by Crippen LogP contribution is 2.10. The third-order valence-electron chi connectivity index (χ3n) is 3.42. The third kappa shape index (κ3) is 2.79. The van der Waals surface area contributed by atoms with Crippen LogP contribution in [0.4, 0.5) is 0 Å². The minimum Gasteiger partial charge on any atom is -0.480 e. The number of rotatable bonds is 5. The maximum absolute atomic E-state index is 12.1. The molecule has 0 saturated heterocycles. The van der Waals surface area contributed by atoms with Gasteiger partial charge in [0.25, 0.3) is 5.91 Å². The topological polar surface area (TPSA) is 83.7 Å². The van der Waals surface area contributed by atoms with E-state index in [9.17, 15) is 14.7 Å². The van der Waals surface area contributed by atoms with Crippen molar-refractivity contribution in [2.45, 2.75) is 26.3 Å². The van der Waals surface area contributed by atoms with Crippen LogP contribution >= 0.6 is 0 Å². The molecule has 2 aromatic rings. The summed E-state index contributed by atoms with van der Waals surface area (Å²) in [7, 11) is 0. The van der Waals surface area contributed by atoms with E-state index in [2.05, 4.69) is 10.3 Å². The molecule has 0 aliphatic rings. The van der Waals surface area contributed by atoms with E-state index in [-0.39, 0.29) is 5.92 Å². The second-order valence-corrected chi connectivity index (χ2v) is 4.79. The van der Waals surface area contributed by atoms with Gasteiger partial charge in [-0.15, -0.1) is 0 Å². The van der Waals surface area contributed by atoms with Gasteiger partial charge in [-0.1, -0.05) is 20.3 Å². The largest absolute Gasteiger partial charge is 0.480 e. The molecular formula is C14H17N3O3. The van der Waals surface area contributed by atoms with E-state index < -0.39 is 17.9 Å². The van der Waals surface area contributed by atoms with E-state index in [4.69, 9.17) is 0 Å². The summed E-state index contributed by atoms with van der Waals surface area (Å²) in [5.74, 6) is -1.54. The lowest BCUT2D eigenvalue weighted by molar-refractivity contribution is -0.140. The van der Waals surface area contributed by atoms with E-state index >= 15 is 0 Å². The van der Waals surface area contributed by atoms with Gasteiger partial charge in [-0.25, -0.2) is 9.78 Å². The van der Waals surface area contributed by atoms with Crippen LogP contribution in [-0.2, 0) is 4.79 Å². The number of hydrogen-bond acceptors (Lipinski definition) is 3. The molecule has 0 aliphatic carbocycles. The number of carbonyl (C=O) groups is 2. The lowest BCUT2D eigenvalue weighted by Crippen LogP contribution is -2.45. The Morgan fingerprint density at radius 3 is 2.85 bits per heavy atom. The number of amides is 1. The predicted octanol–water partition coefficient (Wildman–Crippen LogP) is 1.56. The highest BCUT2D eigenvalue weighted by Gasteiger charge is 2.25. The predicted molar refractivity (Wildman–Crippen MR) is 73.5 cm³/mol. The maximum atomic E-state index is 12.1. The number of nitrogens with one attached hydrogen (secondary N) is 1. The fraction of sp³-hybridized carbons (Fsp3) is 0.357. The molecular weight excluding hydrogens is 258 g/mol. The van der Waals surface area contributed by atoms with Crippen molar-refractivity contribution in [1.29, 1.82) is 0 Å². The fourth-order valence-electron chi connectivity index (χ4n) is 1.96. The van der Waals surface area contributed by atoms with Crippen LogP contribution in [0.5, 0.6) is 0 Å². The first-order valence-electron chi connectivity index (χ1n) is 6.49. The van der Waals surface area contributed by atoms with E-state index in [0.717, 1.165) is 5.65 Å². The number of aromatic nitrogens is 2. The molecule has 0 saturated carbocycles. The van der Waals surface area contributed by atoms with E-state index in [1.54, 1.807) is 42.0 Å². The van der Waals surface area contributed by atoms with Gasteiger partial charge in [-0.05, 0) is 18.1 Å². The number of fused-ring (bicyclic) bond motifs is 1. The summed E-state index contributed by atoms with van der Waals surface area (Å²) in [5, 5.41) is 11.7. The number of hydrogen-bond donors (Lipinski definition) is 2. The molecule has 2 aromatic heterocycles. The molecule has 6 heteroatoms. The Morgan fingerprint density at radius 1 is 1.45 bits per heavy atom. The first-order chi connectivity index (χ1) is 9.52. The van der Waals surface area contributed by atoms with Gasteiger partial charge in [-0.3, -0.25) is 4.79 Å². The number of imidazole rings is 1.